The number of halogens is 4. The van der Waals surface area contributed by atoms with Crippen molar-refractivity contribution in [3.63, 3.8) is 0 Å². The van der Waals surface area contributed by atoms with E-state index in [1.807, 2.05) is 29.2 Å². The van der Waals surface area contributed by atoms with Crippen LogP contribution in [0.1, 0.15) is 29.5 Å². The maximum absolute atomic E-state index is 13.9. The molecule has 4 rings (SSSR count). The van der Waals surface area contributed by atoms with Crippen molar-refractivity contribution in [1.82, 2.24) is 10.2 Å². The quantitative estimate of drug-likeness (QED) is 0.560. The molecular weight excluding hydrogens is 454 g/mol. The second-order valence-corrected chi connectivity index (χ2v) is 8.33. The molecule has 2 aliphatic heterocycles. The molecule has 0 saturated carbocycles. The van der Waals surface area contributed by atoms with E-state index in [0.717, 1.165) is 63.1 Å². The molecule has 0 aliphatic carbocycles. The Morgan fingerprint density at radius 1 is 1.09 bits per heavy atom. The van der Waals surface area contributed by atoms with Gasteiger partial charge in [-0.3, -0.25) is 0 Å². The normalized spacial score (nSPS) is 16.2. The van der Waals surface area contributed by atoms with Crippen LogP contribution in [0.25, 0.3) is 0 Å². The van der Waals surface area contributed by atoms with Crippen molar-refractivity contribution < 1.29 is 32.3 Å². The van der Waals surface area contributed by atoms with Crippen LogP contribution < -0.4 is 10.6 Å². The van der Waals surface area contributed by atoms with Gasteiger partial charge in [-0.1, -0.05) is 30.3 Å². The van der Waals surface area contributed by atoms with Crippen LogP contribution in [0.15, 0.2) is 42.5 Å². The number of carboxylic acid groups (broad SMARTS) is 1. The van der Waals surface area contributed by atoms with Crippen molar-refractivity contribution in [2.45, 2.75) is 38.4 Å². The van der Waals surface area contributed by atoms with Crippen molar-refractivity contribution in [2.24, 2.45) is 5.92 Å². The molecule has 2 amide bonds. The molecule has 3 N–H and O–H groups in total. The monoisotopic (exact) mass is 481 g/mol. The van der Waals surface area contributed by atoms with Crippen LogP contribution in [0, 0.1) is 11.7 Å². The summed E-state index contributed by atoms with van der Waals surface area (Å²) >= 11 is 0. The summed E-state index contributed by atoms with van der Waals surface area (Å²) in [5.74, 6) is -2.45. The van der Waals surface area contributed by atoms with Crippen LogP contribution in [0.5, 0.6) is 0 Å². The summed E-state index contributed by atoms with van der Waals surface area (Å²) in [5.41, 5.74) is 4.21. The number of likely N-dealkylation sites (tertiary alicyclic amines) is 1. The first-order chi connectivity index (χ1) is 16.1. The predicted molar refractivity (Wildman–Crippen MR) is 119 cm³/mol. The zero-order valence-electron chi connectivity index (χ0n) is 18.5. The number of nitrogens with one attached hydrogen (secondary N) is 2. The Bertz CT molecular complexity index is 1010. The summed E-state index contributed by atoms with van der Waals surface area (Å²) in [6.45, 7) is 3.23. The molecule has 2 aromatic carbocycles. The Morgan fingerprint density at radius 3 is 2.41 bits per heavy atom. The molecule has 2 heterocycles. The molecule has 0 atom stereocenters. The average Bonchev–Trinajstić information content (AvgIpc) is 2.81. The zero-order valence-corrected chi connectivity index (χ0v) is 18.5. The highest BCUT2D eigenvalue weighted by Gasteiger charge is 2.38. The van der Waals surface area contributed by atoms with E-state index in [4.69, 9.17) is 9.90 Å². The molecule has 0 radical (unpaired) electrons. The van der Waals surface area contributed by atoms with Crippen LogP contribution >= 0.6 is 0 Å². The topological polar surface area (TPSA) is 81.7 Å². The molecule has 184 valence electrons. The fraction of sp³-hybridized carbons (Fsp3) is 0.417. The Balaban J connectivity index is 0.000000406. The molecule has 0 bridgehead atoms. The zero-order chi connectivity index (χ0) is 24.7. The molecular formula is C24H27F4N3O3. The van der Waals surface area contributed by atoms with Gasteiger partial charge in [0.15, 0.2) is 0 Å². The Morgan fingerprint density at radius 2 is 1.76 bits per heavy atom. The predicted octanol–water partition coefficient (Wildman–Crippen LogP) is 4.59. The van der Waals surface area contributed by atoms with Crippen molar-refractivity contribution in [3.05, 3.63) is 65.0 Å². The lowest BCUT2D eigenvalue weighted by molar-refractivity contribution is -0.192. The van der Waals surface area contributed by atoms with E-state index < -0.39 is 12.1 Å². The number of hydrogen-bond acceptors (Lipinski definition) is 3. The van der Waals surface area contributed by atoms with Gasteiger partial charge in [-0.2, -0.15) is 13.2 Å². The standard InChI is InChI=1S/C22H26FN3O.C2HF3O2/c23-20-6-2-1-4-18(20)14-16-9-12-26(13-10-16)22(27)25-21-7-3-5-17-8-11-24-15-19(17)21;3-2(4,5)1(6)7/h1-7,16,24H,8-15H2,(H,25,27);(H,6,7). The van der Waals surface area contributed by atoms with Gasteiger partial charge in [0.25, 0.3) is 0 Å². The molecule has 10 heteroatoms. The Labute approximate surface area is 195 Å². The summed E-state index contributed by atoms with van der Waals surface area (Å²) in [7, 11) is 0. The highest BCUT2D eigenvalue weighted by molar-refractivity contribution is 5.90. The smallest absolute Gasteiger partial charge is 0.475 e. The summed E-state index contributed by atoms with van der Waals surface area (Å²) in [6, 6.07) is 13.1. The third kappa shape index (κ3) is 6.93. The SMILES string of the molecule is O=C(Nc1cccc2c1CNCC2)N1CCC(Cc2ccccc2F)CC1.O=C(O)C(F)(F)F. The number of fused-ring (bicyclic) bond motifs is 1. The fourth-order valence-corrected chi connectivity index (χ4v) is 4.14. The first kappa shape index (κ1) is 25.5. The number of anilines is 1. The highest BCUT2D eigenvalue weighted by atomic mass is 19.4. The van der Waals surface area contributed by atoms with Crippen LogP contribution in [-0.2, 0) is 24.2 Å². The van der Waals surface area contributed by atoms with Gasteiger partial charge in [0.2, 0.25) is 0 Å². The third-order valence-electron chi connectivity index (χ3n) is 6.00. The maximum atomic E-state index is 13.9. The van der Waals surface area contributed by atoms with Gasteiger partial charge in [0, 0.05) is 25.3 Å². The first-order valence-corrected chi connectivity index (χ1v) is 11.1. The van der Waals surface area contributed by atoms with E-state index in [1.165, 1.54) is 17.2 Å². The first-order valence-electron chi connectivity index (χ1n) is 11.1. The van der Waals surface area contributed by atoms with Gasteiger partial charge in [0.05, 0.1) is 0 Å². The number of rotatable bonds is 3. The number of nitrogens with zero attached hydrogens (tertiary/aromatic N) is 1. The molecule has 2 aromatic rings. The molecule has 0 unspecified atom stereocenters. The van der Waals surface area contributed by atoms with E-state index in [0.29, 0.717) is 5.92 Å². The molecule has 1 fully saturated rings. The fourth-order valence-electron chi connectivity index (χ4n) is 4.14. The lowest BCUT2D eigenvalue weighted by Gasteiger charge is -2.32. The van der Waals surface area contributed by atoms with Gasteiger partial charge in [-0.25, -0.2) is 14.0 Å². The van der Waals surface area contributed by atoms with Crippen LogP contribution in [0.4, 0.5) is 28.0 Å². The second kappa shape index (κ2) is 11.3. The average molecular weight is 481 g/mol. The van der Waals surface area contributed by atoms with Crippen molar-refractivity contribution in [3.8, 4) is 0 Å². The number of carbonyl (C=O) groups is 2. The molecule has 6 nitrogen and oxygen atoms in total. The van der Waals surface area contributed by atoms with Crippen LogP contribution in [0.3, 0.4) is 0 Å². The van der Waals surface area contributed by atoms with Gasteiger partial charge < -0.3 is 20.6 Å². The summed E-state index contributed by atoms with van der Waals surface area (Å²) in [4.78, 5) is 23.5. The number of piperidine rings is 1. The van der Waals surface area contributed by atoms with Crippen molar-refractivity contribution >= 4 is 17.7 Å². The van der Waals surface area contributed by atoms with Gasteiger partial charge in [-0.15, -0.1) is 0 Å². The number of urea groups is 1. The lowest BCUT2D eigenvalue weighted by Crippen LogP contribution is -2.41. The highest BCUT2D eigenvalue weighted by Crippen LogP contribution is 2.26. The van der Waals surface area contributed by atoms with Gasteiger partial charge in [-0.05, 0) is 67.0 Å². The number of carboxylic acids is 1. The van der Waals surface area contributed by atoms with Crippen LogP contribution in [-0.4, -0.2) is 47.8 Å². The minimum atomic E-state index is -5.08. The second-order valence-electron chi connectivity index (χ2n) is 8.33. The van der Waals surface area contributed by atoms with Crippen molar-refractivity contribution in [1.29, 1.82) is 0 Å². The van der Waals surface area contributed by atoms with Gasteiger partial charge >= 0.3 is 18.2 Å². The third-order valence-corrected chi connectivity index (χ3v) is 6.00. The van der Waals surface area contributed by atoms with E-state index in [-0.39, 0.29) is 11.8 Å². The maximum Gasteiger partial charge on any atom is 0.490 e. The largest absolute Gasteiger partial charge is 0.490 e. The van der Waals surface area contributed by atoms with Crippen LogP contribution in [0.2, 0.25) is 0 Å². The number of carbonyl (C=O) groups excluding carboxylic acids is 1. The Hall–Kier alpha value is -3.14. The molecule has 0 spiro atoms. The summed E-state index contributed by atoms with van der Waals surface area (Å²) in [6.07, 6.45) is -1.51. The Kier molecular flexibility index (Phi) is 8.49. The molecule has 34 heavy (non-hydrogen) atoms. The minimum Gasteiger partial charge on any atom is -0.475 e. The summed E-state index contributed by atoms with van der Waals surface area (Å²) in [5, 5.41) is 13.6. The molecule has 1 saturated heterocycles. The number of amides is 2. The minimum absolute atomic E-state index is 0.0293. The van der Waals surface area contributed by atoms with E-state index in [2.05, 4.69) is 16.7 Å². The number of aliphatic carboxylic acids is 1. The lowest BCUT2D eigenvalue weighted by atomic mass is 9.90. The molecule has 2 aliphatic rings. The summed E-state index contributed by atoms with van der Waals surface area (Å²) < 4.78 is 45.6. The van der Waals surface area contributed by atoms with Crippen molar-refractivity contribution in [2.75, 3.05) is 25.0 Å². The van der Waals surface area contributed by atoms with Gasteiger partial charge in [0.1, 0.15) is 5.82 Å². The number of alkyl halides is 3. The van der Waals surface area contributed by atoms with E-state index in [9.17, 15) is 22.4 Å². The molecule has 0 aromatic heterocycles. The van der Waals surface area contributed by atoms with E-state index in [1.54, 1.807) is 6.07 Å². The number of hydrogen-bond donors (Lipinski definition) is 3. The number of benzene rings is 2. The van der Waals surface area contributed by atoms with E-state index >= 15 is 0 Å².